The standard InChI is InChI=1S/C17H15BN2O4/c1-3-10-8-13(21)24-16-14(10)15(22)19-17(20-16)23-9(2)11-6-4-5-7-12(11)18/h4-9H,3H2,1-2H3,(H,19,20,22)/t9-/m0/s1. The normalized spacial score (nSPS) is 12.2. The van der Waals surface area contributed by atoms with Crippen molar-refractivity contribution in [1.82, 2.24) is 9.97 Å². The van der Waals surface area contributed by atoms with E-state index in [0.29, 0.717) is 17.4 Å². The third-order valence-corrected chi connectivity index (χ3v) is 3.78. The molecule has 0 aliphatic carbocycles. The zero-order valence-electron chi connectivity index (χ0n) is 13.3. The number of hydrogen-bond donors (Lipinski definition) is 1. The molecule has 6 nitrogen and oxygen atoms in total. The van der Waals surface area contributed by atoms with E-state index in [-0.39, 0.29) is 17.1 Å². The van der Waals surface area contributed by atoms with Gasteiger partial charge < -0.3 is 9.15 Å². The zero-order chi connectivity index (χ0) is 17.3. The maximum absolute atomic E-state index is 12.3. The maximum atomic E-state index is 12.3. The van der Waals surface area contributed by atoms with Gasteiger partial charge in [0.05, 0.1) is 0 Å². The second kappa shape index (κ2) is 6.35. The molecular formula is C17H15BN2O4. The summed E-state index contributed by atoms with van der Waals surface area (Å²) in [6.45, 7) is 3.63. The Morgan fingerprint density at radius 3 is 2.79 bits per heavy atom. The van der Waals surface area contributed by atoms with Crippen LogP contribution in [0.5, 0.6) is 6.01 Å². The first kappa shape index (κ1) is 16.0. The molecule has 2 heterocycles. The number of ether oxygens (including phenoxy) is 1. The summed E-state index contributed by atoms with van der Waals surface area (Å²) in [5.41, 5.74) is 0.928. The number of H-pyrrole nitrogens is 1. The van der Waals surface area contributed by atoms with Crippen molar-refractivity contribution in [1.29, 1.82) is 0 Å². The summed E-state index contributed by atoms with van der Waals surface area (Å²) < 4.78 is 10.7. The number of hydrogen-bond acceptors (Lipinski definition) is 5. The van der Waals surface area contributed by atoms with Crippen LogP contribution in [0.15, 0.2) is 44.3 Å². The number of aromatic nitrogens is 2. The Morgan fingerprint density at radius 2 is 2.08 bits per heavy atom. The Bertz CT molecular complexity index is 1010. The van der Waals surface area contributed by atoms with Gasteiger partial charge in [0.25, 0.3) is 11.6 Å². The number of benzene rings is 1. The van der Waals surface area contributed by atoms with E-state index in [1.54, 1.807) is 13.0 Å². The highest BCUT2D eigenvalue weighted by molar-refractivity contribution is 6.33. The Labute approximate surface area is 138 Å². The van der Waals surface area contributed by atoms with Gasteiger partial charge in [-0.25, -0.2) is 4.79 Å². The van der Waals surface area contributed by atoms with E-state index in [9.17, 15) is 9.59 Å². The van der Waals surface area contributed by atoms with Gasteiger partial charge in [0.2, 0.25) is 5.71 Å². The van der Waals surface area contributed by atoms with Crippen molar-refractivity contribution < 1.29 is 9.15 Å². The van der Waals surface area contributed by atoms with E-state index >= 15 is 0 Å². The van der Waals surface area contributed by atoms with Crippen LogP contribution < -0.4 is 21.4 Å². The molecule has 1 N–H and O–H groups in total. The molecule has 0 aliphatic heterocycles. The van der Waals surface area contributed by atoms with Crippen molar-refractivity contribution in [2.45, 2.75) is 26.4 Å². The first-order valence-electron chi connectivity index (χ1n) is 7.57. The number of nitrogens with one attached hydrogen (secondary N) is 1. The molecule has 0 saturated carbocycles. The molecule has 0 saturated heterocycles. The van der Waals surface area contributed by atoms with Crippen molar-refractivity contribution in [3.05, 3.63) is 62.2 Å². The van der Waals surface area contributed by atoms with Crippen LogP contribution in [0.1, 0.15) is 31.1 Å². The number of fused-ring (bicyclic) bond motifs is 1. The monoisotopic (exact) mass is 322 g/mol. The van der Waals surface area contributed by atoms with Crippen LogP contribution in [0.3, 0.4) is 0 Å². The number of rotatable bonds is 4. The van der Waals surface area contributed by atoms with E-state index in [2.05, 4.69) is 9.97 Å². The van der Waals surface area contributed by atoms with Crippen LogP contribution >= 0.6 is 0 Å². The largest absolute Gasteiger partial charge is 0.457 e. The van der Waals surface area contributed by atoms with Crippen molar-refractivity contribution in [3.8, 4) is 6.01 Å². The fourth-order valence-corrected chi connectivity index (χ4v) is 2.58. The van der Waals surface area contributed by atoms with Crippen molar-refractivity contribution >= 4 is 24.4 Å². The van der Waals surface area contributed by atoms with Gasteiger partial charge >= 0.3 is 5.63 Å². The molecule has 0 unspecified atom stereocenters. The smallest absolute Gasteiger partial charge is 0.337 e. The lowest BCUT2D eigenvalue weighted by Gasteiger charge is -2.16. The average molecular weight is 322 g/mol. The lowest BCUT2D eigenvalue weighted by molar-refractivity contribution is 0.208. The maximum Gasteiger partial charge on any atom is 0.337 e. The van der Waals surface area contributed by atoms with Crippen molar-refractivity contribution in [2.75, 3.05) is 0 Å². The van der Waals surface area contributed by atoms with E-state index in [4.69, 9.17) is 17.0 Å². The van der Waals surface area contributed by atoms with Crippen LogP contribution in [0.2, 0.25) is 0 Å². The molecule has 1 atom stereocenters. The quantitative estimate of drug-likeness (QED) is 0.733. The van der Waals surface area contributed by atoms with Gasteiger partial charge in [0.15, 0.2) is 0 Å². The molecule has 7 heteroatoms. The first-order chi connectivity index (χ1) is 11.5. The summed E-state index contributed by atoms with van der Waals surface area (Å²) in [7, 11) is 5.92. The summed E-state index contributed by atoms with van der Waals surface area (Å²) in [4.78, 5) is 30.6. The lowest BCUT2D eigenvalue weighted by atomic mass is 9.88. The van der Waals surface area contributed by atoms with Gasteiger partial charge in [-0.1, -0.05) is 36.7 Å². The van der Waals surface area contributed by atoms with E-state index in [0.717, 1.165) is 5.56 Å². The number of aromatic amines is 1. The fraction of sp³-hybridized carbons (Fsp3) is 0.235. The Morgan fingerprint density at radius 1 is 1.33 bits per heavy atom. The summed E-state index contributed by atoms with van der Waals surface area (Å²) in [5, 5.41) is 0.260. The van der Waals surface area contributed by atoms with Crippen LogP contribution in [0.25, 0.3) is 11.1 Å². The van der Waals surface area contributed by atoms with Crippen molar-refractivity contribution in [3.63, 3.8) is 0 Å². The van der Waals surface area contributed by atoms with Crippen LogP contribution in [0, 0.1) is 0 Å². The molecule has 0 spiro atoms. The molecule has 0 bridgehead atoms. The molecule has 120 valence electrons. The van der Waals surface area contributed by atoms with Crippen molar-refractivity contribution in [2.24, 2.45) is 0 Å². The molecule has 0 fully saturated rings. The summed E-state index contributed by atoms with van der Waals surface area (Å²) in [6, 6.07) is 8.52. The number of nitrogens with zero attached hydrogens (tertiary/aromatic N) is 1. The van der Waals surface area contributed by atoms with Gasteiger partial charge in [0, 0.05) is 6.07 Å². The molecule has 24 heavy (non-hydrogen) atoms. The molecule has 0 amide bonds. The lowest BCUT2D eigenvalue weighted by Crippen LogP contribution is -2.19. The minimum absolute atomic E-state index is 0.0281. The highest BCUT2D eigenvalue weighted by atomic mass is 16.5. The highest BCUT2D eigenvalue weighted by Crippen LogP contribution is 2.18. The summed E-state index contributed by atoms with van der Waals surface area (Å²) >= 11 is 0. The SMILES string of the molecule is [B]c1ccccc1[C@H](C)Oc1nc2oc(=O)cc(CC)c2c(=O)[nH]1. The molecule has 1 aromatic carbocycles. The predicted molar refractivity (Wildman–Crippen MR) is 91.2 cm³/mol. The molecule has 3 rings (SSSR count). The second-order valence-corrected chi connectivity index (χ2v) is 5.38. The molecule has 0 aliphatic rings. The highest BCUT2D eigenvalue weighted by Gasteiger charge is 2.15. The topological polar surface area (TPSA) is 85.2 Å². The molecule has 3 aromatic rings. The zero-order valence-corrected chi connectivity index (χ0v) is 13.3. The Hall–Kier alpha value is -2.83. The van der Waals surface area contributed by atoms with Gasteiger partial charge in [-0.3, -0.25) is 9.78 Å². The number of aryl methyl sites for hydroxylation is 1. The Kier molecular flexibility index (Phi) is 4.25. The van der Waals surface area contributed by atoms with Gasteiger partial charge in [-0.15, -0.1) is 0 Å². The minimum Gasteiger partial charge on any atom is -0.457 e. The third-order valence-electron chi connectivity index (χ3n) is 3.78. The summed E-state index contributed by atoms with van der Waals surface area (Å²) in [6.07, 6.45) is 0.0807. The van der Waals surface area contributed by atoms with Crippen LogP contribution in [-0.2, 0) is 6.42 Å². The predicted octanol–water partition coefficient (Wildman–Crippen LogP) is 1.37. The molecular weight excluding hydrogens is 307 g/mol. The van der Waals surface area contributed by atoms with E-state index in [1.165, 1.54) is 6.07 Å². The second-order valence-electron chi connectivity index (χ2n) is 5.38. The third kappa shape index (κ3) is 2.97. The summed E-state index contributed by atoms with van der Waals surface area (Å²) in [5.74, 6) is 0. The van der Waals surface area contributed by atoms with Crippen LogP contribution in [0.4, 0.5) is 0 Å². The van der Waals surface area contributed by atoms with Crippen LogP contribution in [-0.4, -0.2) is 17.8 Å². The average Bonchev–Trinajstić information content (AvgIpc) is 2.53. The van der Waals surface area contributed by atoms with Gasteiger partial charge in [-0.2, -0.15) is 4.98 Å². The van der Waals surface area contributed by atoms with Gasteiger partial charge in [0.1, 0.15) is 19.3 Å². The first-order valence-corrected chi connectivity index (χ1v) is 7.57. The minimum atomic E-state index is -0.552. The van der Waals surface area contributed by atoms with Gasteiger partial charge in [-0.05, 0) is 24.5 Å². The molecule has 2 radical (unpaired) electrons. The fourth-order valence-electron chi connectivity index (χ4n) is 2.58. The molecule has 2 aromatic heterocycles. The van der Waals surface area contributed by atoms with E-state index in [1.807, 2.05) is 25.1 Å². The van der Waals surface area contributed by atoms with E-state index < -0.39 is 17.3 Å². The Balaban J connectivity index is 2.04.